The first-order chi connectivity index (χ1) is 14.1. The Morgan fingerprint density at radius 2 is 1.83 bits per heavy atom. The number of fused-ring (bicyclic) bond motifs is 1. The van der Waals surface area contributed by atoms with Crippen molar-refractivity contribution in [3.8, 4) is 0 Å². The Hall–Kier alpha value is -3.80. The molecule has 3 N–H and O–H groups in total. The molecule has 2 heterocycles. The molecule has 0 bridgehead atoms. The molecule has 29 heavy (non-hydrogen) atoms. The van der Waals surface area contributed by atoms with Gasteiger partial charge in [0.1, 0.15) is 17.3 Å². The molecule has 0 aliphatic heterocycles. The monoisotopic (exact) mass is 386 g/mol. The summed E-state index contributed by atoms with van der Waals surface area (Å²) in [6.45, 7) is 0.234. The van der Waals surface area contributed by atoms with Crippen LogP contribution in [0.2, 0.25) is 0 Å². The minimum Gasteiger partial charge on any atom is -0.382 e. The van der Waals surface area contributed by atoms with Crippen molar-refractivity contribution in [2.75, 3.05) is 11.1 Å². The summed E-state index contributed by atoms with van der Waals surface area (Å²) in [5.41, 5.74) is 8.01. The average Bonchev–Trinajstić information content (AvgIpc) is 2.74. The normalized spacial score (nSPS) is 10.8. The zero-order valence-electron chi connectivity index (χ0n) is 15.6. The predicted molar refractivity (Wildman–Crippen MR) is 112 cm³/mol. The first kappa shape index (κ1) is 18.6. The highest BCUT2D eigenvalue weighted by atomic mass is 19.1. The molecule has 144 valence electrons. The maximum Gasteiger partial charge on any atom is 0.185 e. The van der Waals surface area contributed by atoms with Gasteiger partial charge in [0, 0.05) is 36.3 Å². The molecule has 0 unspecified atom stereocenters. The van der Waals surface area contributed by atoms with Crippen LogP contribution in [0.3, 0.4) is 0 Å². The lowest BCUT2D eigenvalue weighted by Gasteiger charge is -2.10. The number of carbonyl (C=O) groups excluding carboxylic acids is 1. The third-order valence-electron chi connectivity index (χ3n) is 4.70. The number of hydrogen-bond acceptors (Lipinski definition) is 5. The number of nitrogens with one attached hydrogen (secondary N) is 1. The van der Waals surface area contributed by atoms with Crippen LogP contribution >= 0.6 is 0 Å². The molecule has 0 saturated carbocycles. The van der Waals surface area contributed by atoms with Crippen LogP contribution in [0.25, 0.3) is 10.8 Å². The van der Waals surface area contributed by atoms with Gasteiger partial charge in [0.2, 0.25) is 0 Å². The summed E-state index contributed by atoms with van der Waals surface area (Å²) >= 11 is 0. The van der Waals surface area contributed by atoms with E-state index in [0.717, 1.165) is 16.3 Å². The summed E-state index contributed by atoms with van der Waals surface area (Å²) in [5.74, 6) is -0.112. The van der Waals surface area contributed by atoms with Gasteiger partial charge in [-0.1, -0.05) is 36.4 Å². The van der Waals surface area contributed by atoms with E-state index in [1.807, 2.05) is 24.3 Å². The number of carbonyl (C=O) groups is 1. The molecule has 0 fully saturated rings. The summed E-state index contributed by atoms with van der Waals surface area (Å²) in [5, 5.41) is 5.02. The molecule has 0 atom stereocenters. The van der Waals surface area contributed by atoms with Gasteiger partial charge in [0.05, 0.1) is 5.69 Å². The molecule has 0 radical (unpaired) electrons. The lowest BCUT2D eigenvalue weighted by atomic mass is 10.0. The van der Waals surface area contributed by atoms with Crippen molar-refractivity contribution >= 4 is 28.1 Å². The second-order valence-electron chi connectivity index (χ2n) is 6.73. The number of benzene rings is 2. The highest BCUT2D eigenvalue weighted by Gasteiger charge is 2.12. The van der Waals surface area contributed by atoms with Crippen molar-refractivity contribution in [1.82, 2.24) is 9.97 Å². The second-order valence-corrected chi connectivity index (χ2v) is 6.73. The summed E-state index contributed by atoms with van der Waals surface area (Å²) in [6.07, 6.45) is 3.43. The zero-order chi connectivity index (χ0) is 20.2. The Balaban J connectivity index is 1.50. The first-order valence-electron chi connectivity index (χ1n) is 9.20. The van der Waals surface area contributed by atoms with Gasteiger partial charge in [-0.2, -0.15) is 0 Å². The molecule has 4 rings (SSSR count). The fourth-order valence-electron chi connectivity index (χ4n) is 3.14. The molecule has 2 aromatic carbocycles. The van der Waals surface area contributed by atoms with Crippen molar-refractivity contribution in [2.24, 2.45) is 0 Å². The van der Waals surface area contributed by atoms with Crippen LogP contribution in [0.5, 0.6) is 0 Å². The number of Topliss-reactive ketones (excluding diaryl/α,β-unsaturated/α-hetero) is 1. The van der Waals surface area contributed by atoms with Gasteiger partial charge < -0.3 is 11.1 Å². The molecule has 0 amide bonds. The number of aromatic nitrogens is 2. The summed E-state index contributed by atoms with van der Waals surface area (Å²) in [6, 6.07) is 17.7. The SMILES string of the molecule is Nc1ncccc1NCc1cc(CC(=O)c2cc3ccccc3cn2)ccc1F. The number of ketones is 1. The Labute approximate surface area is 167 Å². The number of halogens is 1. The second kappa shape index (κ2) is 8.06. The van der Waals surface area contributed by atoms with Crippen molar-refractivity contribution in [3.05, 3.63) is 95.7 Å². The zero-order valence-corrected chi connectivity index (χ0v) is 15.6. The molecule has 4 aromatic rings. The van der Waals surface area contributed by atoms with E-state index in [0.29, 0.717) is 22.8 Å². The molecular formula is C23H19FN4O. The summed E-state index contributed by atoms with van der Waals surface area (Å²) in [7, 11) is 0. The number of nitrogens with zero attached hydrogens (tertiary/aromatic N) is 2. The van der Waals surface area contributed by atoms with Crippen molar-refractivity contribution in [3.63, 3.8) is 0 Å². The Bertz CT molecular complexity index is 1190. The van der Waals surface area contributed by atoms with E-state index in [4.69, 9.17) is 5.73 Å². The number of pyridine rings is 2. The standard InChI is InChI=1S/C23H19FN4O/c24-19-8-7-15(10-18(19)14-27-20-6-3-9-26-23(20)25)11-22(29)21-12-16-4-1-2-5-17(16)13-28-21/h1-10,12-13,27H,11,14H2,(H2,25,26). The van der Waals surface area contributed by atoms with E-state index in [2.05, 4.69) is 15.3 Å². The van der Waals surface area contributed by atoms with Crippen molar-refractivity contribution in [1.29, 1.82) is 0 Å². The van der Waals surface area contributed by atoms with Crippen LogP contribution in [-0.2, 0) is 13.0 Å². The van der Waals surface area contributed by atoms with Gasteiger partial charge >= 0.3 is 0 Å². The van der Waals surface area contributed by atoms with E-state index in [1.165, 1.54) is 6.07 Å². The van der Waals surface area contributed by atoms with E-state index in [1.54, 1.807) is 42.7 Å². The van der Waals surface area contributed by atoms with Gasteiger partial charge in [-0.05, 0) is 35.2 Å². The predicted octanol–water partition coefficient (Wildman–Crippen LogP) is 4.39. The number of nitrogens with two attached hydrogens (primary N) is 1. The fourth-order valence-corrected chi connectivity index (χ4v) is 3.14. The third kappa shape index (κ3) is 4.21. The summed E-state index contributed by atoms with van der Waals surface area (Å²) < 4.78 is 14.2. The topological polar surface area (TPSA) is 80.9 Å². The Kier molecular flexibility index (Phi) is 5.16. The van der Waals surface area contributed by atoms with Crippen LogP contribution in [0.4, 0.5) is 15.9 Å². The van der Waals surface area contributed by atoms with Crippen LogP contribution in [0, 0.1) is 5.82 Å². The molecule has 0 saturated heterocycles. The van der Waals surface area contributed by atoms with Gasteiger partial charge in [-0.3, -0.25) is 9.78 Å². The minimum atomic E-state index is -0.347. The molecule has 0 aliphatic rings. The van der Waals surface area contributed by atoms with Gasteiger partial charge in [0.15, 0.2) is 5.78 Å². The van der Waals surface area contributed by atoms with Crippen molar-refractivity contribution in [2.45, 2.75) is 13.0 Å². The van der Waals surface area contributed by atoms with Gasteiger partial charge in [-0.25, -0.2) is 9.37 Å². The van der Waals surface area contributed by atoms with E-state index < -0.39 is 0 Å². The van der Waals surface area contributed by atoms with Crippen LogP contribution < -0.4 is 11.1 Å². The maximum absolute atomic E-state index is 14.2. The van der Waals surface area contributed by atoms with E-state index in [9.17, 15) is 9.18 Å². The average molecular weight is 386 g/mol. The largest absolute Gasteiger partial charge is 0.382 e. The first-order valence-corrected chi connectivity index (χ1v) is 9.20. The molecule has 2 aromatic heterocycles. The lowest BCUT2D eigenvalue weighted by molar-refractivity contribution is 0.0988. The lowest BCUT2D eigenvalue weighted by Crippen LogP contribution is -2.08. The van der Waals surface area contributed by atoms with Crippen LogP contribution in [0.15, 0.2) is 73.1 Å². The molecule has 6 heteroatoms. The molecular weight excluding hydrogens is 367 g/mol. The number of rotatable bonds is 6. The van der Waals surface area contributed by atoms with Gasteiger partial charge in [-0.15, -0.1) is 0 Å². The molecule has 5 nitrogen and oxygen atoms in total. The van der Waals surface area contributed by atoms with E-state index in [-0.39, 0.29) is 24.6 Å². The number of hydrogen-bond donors (Lipinski definition) is 2. The van der Waals surface area contributed by atoms with Crippen molar-refractivity contribution < 1.29 is 9.18 Å². The van der Waals surface area contributed by atoms with E-state index >= 15 is 0 Å². The Morgan fingerprint density at radius 3 is 2.66 bits per heavy atom. The molecule has 0 spiro atoms. The highest BCUT2D eigenvalue weighted by Crippen LogP contribution is 2.19. The van der Waals surface area contributed by atoms with Gasteiger partial charge in [0.25, 0.3) is 0 Å². The highest BCUT2D eigenvalue weighted by molar-refractivity contribution is 5.98. The fraction of sp³-hybridized carbons (Fsp3) is 0.0870. The smallest absolute Gasteiger partial charge is 0.185 e. The quantitative estimate of drug-likeness (QED) is 0.481. The Morgan fingerprint density at radius 1 is 1.00 bits per heavy atom. The maximum atomic E-state index is 14.2. The molecule has 0 aliphatic carbocycles. The number of nitrogen functional groups attached to an aromatic ring is 1. The minimum absolute atomic E-state index is 0.113. The van der Waals surface area contributed by atoms with Crippen LogP contribution in [-0.4, -0.2) is 15.8 Å². The van der Waals surface area contributed by atoms with Crippen LogP contribution in [0.1, 0.15) is 21.6 Å². The third-order valence-corrected chi connectivity index (χ3v) is 4.70. The summed E-state index contributed by atoms with van der Waals surface area (Å²) in [4.78, 5) is 20.9. The number of anilines is 2.